The minimum absolute atomic E-state index is 0.914. The van der Waals surface area contributed by atoms with Gasteiger partial charge < -0.3 is 5.32 Å². The van der Waals surface area contributed by atoms with Crippen molar-refractivity contribution in [2.45, 2.75) is 0 Å². The van der Waals surface area contributed by atoms with E-state index >= 15 is 0 Å². The van der Waals surface area contributed by atoms with Gasteiger partial charge in [-0.25, -0.2) is 0 Å². The maximum Gasteiger partial charge on any atom is 0.0851 e. The van der Waals surface area contributed by atoms with E-state index in [0.717, 1.165) is 22.4 Å². The first kappa shape index (κ1) is 10.1. The Morgan fingerprint density at radius 1 is 1.20 bits per heavy atom. The summed E-state index contributed by atoms with van der Waals surface area (Å²) in [6.45, 7) is 0.914. The fraction of sp³-hybridized carbons (Fsp3) is 0.0909. The highest BCUT2D eigenvalue weighted by Crippen LogP contribution is 2.25. The van der Waals surface area contributed by atoms with E-state index < -0.39 is 0 Å². The molecule has 0 unspecified atom stereocenters. The molecule has 1 aromatic rings. The largest absolute Gasteiger partial charge is 0.379 e. The van der Waals surface area contributed by atoms with Crippen LogP contribution < -0.4 is 5.32 Å². The Labute approximate surface area is 96.8 Å². The van der Waals surface area contributed by atoms with E-state index in [1.54, 1.807) is 12.4 Å². The summed E-state index contributed by atoms with van der Waals surface area (Å²) in [7, 11) is 0. The third-order valence-electron chi connectivity index (χ3n) is 1.95. The van der Waals surface area contributed by atoms with Crippen LogP contribution in [0.15, 0.2) is 57.5 Å². The molecule has 0 bridgehead atoms. The number of rotatable bonds is 0. The summed E-state index contributed by atoms with van der Waals surface area (Å²) in [5.41, 5.74) is 2.21. The number of hydrogen-bond donors (Lipinski definition) is 1. The number of nitrogens with one attached hydrogen (secondary N) is 1. The molecule has 0 fully saturated rings. The van der Waals surface area contributed by atoms with Crippen molar-refractivity contribution >= 4 is 22.1 Å². The molecule has 4 heteroatoms. The maximum absolute atomic E-state index is 4.13. The van der Waals surface area contributed by atoms with E-state index in [2.05, 4.69) is 37.3 Å². The highest BCUT2D eigenvalue weighted by atomic mass is 79.9. The second-order valence-electron chi connectivity index (χ2n) is 2.98. The first-order valence-corrected chi connectivity index (χ1v) is 5.40. The Kier molecular flexibility index (Phi) is 3.29. The molecule has 76 valence electrons. The lowest BCUT2D eigenvalue weighted by Crippen LogP contribution is -2.05. The van der Waals surface area contributed by atoms with Crippen LogP contribution in [0.2, 0.25) is 0 Å². The molecule has 0 amide bonds. The van der Waals surface area contributed by atoms with Gasteiger partial charge in [-0.3, -0.25) is 9.98 Å². The van der Waals surface area contributed by atoms with Crippen molar-refractivity contribution in [3.8, 4) is 0 Å². The van der Waals surface area contributed by atoms with Crippen molar-refractivity contribution in [1.82, 2.24) is 10.3 Å². The SMILES string of the molecule is BrC1=C2NCC=C2N=C1.c1ccncc1. The molecule has 0 radical (unpaired) electrons. The third kappa shape index (κ3) is 2.53. The Hall–Kier alpha value is -1.42. The minimum Gasteiger partial charge on any atom is -0.379 e. The van der Waals surface area contributed by atoms with Crippen LogP contribution in [0.5, 0.6) is 0 Å². The Bertz CT molecular complexity index is 391. The average molecular weight is 264 g/mol. The van der Waals surface area contributed by atoms with Crippen molar-refractivity contribution in [2.24, 2.45) is 4.99 Å². The van der Waals surface area contributed by atoms with E-state index in [1.165, 1.54) is 0 Å². The molecule has 3 heterocycles. The van der Waals surface area contributed by atoms with Gasteiger partial charge in [0, 0.05) is 25.2 Å². The van der Waals surface area contributed by atoms with Crippen LogP contribution in [-0.2, 0) is 0 Å². The number of hydrogen-bond acceptors (Lipinski definition) is 3. The van der Waals surface area contributed by atoms with E-state index in [1.807, 2.05) is 24.4 Å². The third-order valence-corrected chi connectivity index (χ3v) is 2.55. The van der Waals surface area contributed by atoms with Gasteiger partial charge in [0.05, 0.1) is 15.9 Å². The molecule has 2 aliphatic heterocycles. The molecule has 0 atom stereocenters. The van der Waals surface area contributed by atoms with Gasteiger partial charge >= 0.3 is 0 Å². The number of fused-ring (bicyclic) bond motifs is 1. The molecule has 3 rings (SSSR count). The van der Waals surface area contributed by atoms with Gasteiger partial charge in [0.25, 0.3) is 0 Å². The first-order chi connectivity index (χ1) is 7.38. The van der Waals surface area contributed by atoms with Crippen molar-refractivity contribution < 1.29 is 0 Å². The zero-order valence-electron chi connectivity index (χ0n) is 8.02. The fourth-order valence-electron chi connectivity index (χ4n) is 1.27. The van der Waals surface area contributed by atoms with E-state index in [4.69, 9.17) is 0 Å². The Morgan fingerprint density at radius 2 is 2.00 bits per heavy atom. The Balaban J connectivity index is 0.000000124. The summed E-state index contributed by atoms with van der Waals surface area (Å²) in [6, 6.07) is 5.72. The number of halogens is 1. The van der Waals surface area contributed by atoms with Gasteiger partial charge in [0.1, 0.15) is 0 Å². The van der Waals surface area contributed by atoms with Gasteiger partial charge in [-0.2, -0.15) is 0 Å². The van der Waals surface area contributed by atoms with Crippen LogP contribution in [0, 0.1) is 0 Å². The Morgan fingerprint density at radius 3 is 2.53 bits per heavy atom. The lowest BCUT2D eigenvalue weighted by molar-refractivity contribution is 0.976. The van der Waals surface area contributed by atoms with Gasteiger partial charge in [0.2, 0.25) is 0 Å². The normalized spacial score (nSPS) is 16.5. The van der Waals surface area contributed by atoms with Crippen LogP contribution in [0.1, 0.15) is 0 Å². The molecular formula is C11H10BrN3. The average Bonchev–Trinajstić information content (AvgIpc) is 2.88. The van der Waals surface area contributed by atoms with Gasteiger partial charge in [-0.15, -0.1) is 0 Å². The van der Waals surface area contributed by atoms with Crippen LogP contribution in [0.3, 0.4) is 0 Å². The highest BCUT2D eigenvalue weighted by Gasteiger charge is 2.16. The van der Waals surface area contributed by atoms with Crippen LogP contribution in [0.4, 0.5) is 0 Å². The predicted octanol–water partition coefficient (Wildman–Crippen LogP) is 2.25. The lowest BCUT2D eigenvalue weighted by Gasteiger charge is -1.94. The molecule has 1 N–H and O–H groups in total. The molecule has 3 nitrogen and oxygen atoms in total. The summed E-state index contributed by atoms with van der Waals surface area (Å²) in [5, 5.41) is 3.18. The van der Waals surface area contributed by atoms with Gasteiger partial charge in [-0.1, -0.05) is 6.07 Å². The minimum atomic E-state index is 0.914. The molecule has 0 saturated heterocycles. The van der Waals surface area contributed by atoms with Gasteiger partial charge in [-0.05, 0) is 34.1 Å². The number of pyridine rings is 1. The molecule has 0 aliphatic carbocycles. The van der Waals surface area contributed by atoms with Crippen LogP contribution >= 0.6 is 15.9 Å². The molecule has 0 aromatic carbocycles. The monoisotopic (exact) mass is 263 g/mol. The van der Waals surface area contributed by atoms with Crippen molar-refractivity contribution in [3.05, 3.63) is 52.5 Å². The quantitative estimate of drug-likeness (QED) is 0.780. The zero-order chi connectivity index (χ0) is 10.5. The van der Waals surface area contributed by atoms with Crippen LogP contribution in [0.25, 0.3) is 0 Å². The summed E-state index contributed by atoms with van der Waals surface area (Å²) >= 11 is 3.37. The summed E-state index contributed by atoms with van der Waals surface area (Å²) < 4.78 is 1.06. The van der Waals surface area contributed by atoms with Crippen molar-refractivity contribution in [1.29, 1.82) is 0 Å². The maximum atomic E-state index is 4.13. The standard InChI is InChI=1S/C6H5BrN2.C5H5N/c7-4-3-9-5-1-2-8-6(4)5;1-2-4-6-5-3-1/h1,3,8H,2H2;1-5H. The second kappa shape index (κ2) is 4.89. The zero-order valence-corrected chi connectivity index (χ0v) is 9.61. The number of aliphatic imine (C=N–C) groups is 1. The summed E-state index contributed by atoms with van der Waals surface area (Å²) in [4.78, 5) is 7.92. The smallest absolute Gasteiger partial charge is 0.0851 e. The molecule has 15 heavy (non-hydrogen) atoms. The van der Waals surface area contributed by atoms with Crippen molar-refractivity contribution in [3.63, 3.8) is 0 Å². The highest BCUT2D eigenvalue weighted by molar-refractivity contribution is 9.12. The lowest BCUT2D eigenvalue weighted by atomic mass is 10.4. The van der Waals surface area contributed by atoms with Crippen molar-refractivity contribution in [2.75, 3.05) is 6.54 Å². The second-order valence-corrected chi connectivity index (χ2v) is 3.83. The molecule has 1 aromatic heterocycles. The number of aromatic nitrogens is 1. The molecular weight excluding hydrogens is 254 g/mol. The molecule has 2 aliphatic rings. The van der Waals surface area contributed by atoms with Crippen LogP contribution in [-0.4, -0.2) is 17.7 Å². The van der Waals surface area contributed by atoms with Gasteiger partial charge in [0.15, 0.2) is 0 Å². The fourth-order valence-corrected chi connectivity index (χ4v) is 1.72. The number of nitrogens with zero attached hydrogens (tertiary/aromatic N) is 2. The topological polar surface area (TPSA) is 37.3 Å². The van der Waals surface area contributed by atoms with E-state index in [0.29, 0.717) is 0 Å². The molecule has 0 spiro atoms. The summed E-state index contributed by atoms with van der Waals surface area (Å²) in [6.07, 6.45) is 7.38. The number of allylic oxidation sites excluding steroid dienone is 1. The van der Waals surface area contributed by atoms with E-state index in [-0.39, 0.29) is 0 Å². The predicted molar refractivity (Wildman–Crippen MR) is 64.8 cm³/mol. The summed E-state index contributed by atoms with van der Waals surface area (Å²) in [5.74, 6) is 0. The molecule has 0 saturated carbocycles. The first-order valence-electron chi connectivity index (χ1n) is 4.61. The van der Waals surface area contributed by atoms with E-state index in [9.17, 15) is 0 Å².